The molecule has 0 radical (unpaired) electrons. The van der Waals surface area contributed by atoms with Gasteiger partial charge in [-0.05, 0) is 6.42 Å². The first-order valence-corrected chi connectivity index (χ1v) is 3.64. The molecule has 0 unspecified atom stereocenters. The quantitative estimate of drug-likeness (QED) is 0.339. The molecule has 0 spiro atoms. The van der Waals surface area contributed by atoms with Crippen molar-refractivity contribution >= 4 is 0 Å². The van der Waals surface area contributed by atoms with Gasteiger partial charge in [-0.1, -0.05) is 6.92 Å². The zero-order valence-electron chi connectivity index (χ0n) is 7.38. The van der Waals surface area contributed by atoms with E-state index in [0.717, 1.165) is 0 Å². The number of nitrogens with zero attached hydrogens (tertiary/aromatic N) is 1. The van der Waals surface area contributed by atoms with E-state index in [0.29, 0.717) is 6.42 Å². The molecule has 0 heterocycles. The van der Waals surface area contributed by atoms with Gasteiger partial charge in [-0.2, -0.15) is 0 Å². The van der Waals surface area contributed by atoms with Crippen LogP contribution in [-0.2, 0) is 0 Å². The van der Waals surface area contributed by atoms with Crippen LogP contribution < -0.4 is 0 Å². The SMILES string of the molecule is CCC(CO)(CO)CO.O=[N+]([O-])O. The Morgan fingerprint density at radius 1 is 1.23 bits per heavy atom. The van der Waals surface area contributed by atoms with Crippen molar-refractivity contribution in [2.45, 2.75) is 13.3 Å². The largest absolute Gasteiger partial charge is 0.396 e. The van der Waals surface area contributed by atoms with Gasteiger partial charge in [0.05, 0.1) is 19.8 Å². The van der Waals surface area contributed by atoms with Crippen molar-refractivity contribution < 1.29 is 25.6 Å². The molecule has 0 aromatic heterocycles. The van der Waals surface area contributed by atoms with Gasteiger partial charge in [-0.3, -0.25) is 0 Å². The van der Waals surface area contributed by atoms with E-state index in [1.54, 1.807) is 0 Å². The van der Waals surface area contributed by atoms with E-state index in [4.69, 9.17) is 30.6 Å². The Hall–Kier alpha value is -0.920. The lowest BCUT2D eigenvalue weighted by molar-refractivity contribution is -0.742. The van der Waals surface area contributed by atoms with Crippen molar-refractivity contribution in [2.75, 3.05) is 19.8 Å². The fourth-order valence-electron chi connectivity index (χ4n) is 0.485. The van der Waals surface area contributed by atoms with Crippen LogP contribution in [0.4, 0.5) is 0 Å². The first-order chi connectivity index (χ1) is 5.97. The summed E-state index contributed by atoms with van der Waals surface area (Å²) in [6.45, 7) is 1.35. The normalized spacial score (nSPS) is 10.2. The summed E-state index contributed by atoms with van der Waals surface area (Å²) in [6.07, 6.45) is 0.594. The molecular weight excluding hydrogens is 182 g/mol. The summed E-state index contributed by atoms with van der Waals surface area (Å²) in [5.74, 6) is 0. The highest BCUT2D eigenvalue weighted by atomic mass is 16.9. The smallest absolute Gasteiger partial charge is 0.291 e. The van der Waals surface area contributed by atoms with Crippen molar-refractivity contribution in [3.05, 3.63) is 10.1 Å². The molecule has 7 nitrogen and oxygen atoms in total. The van der Waals surface area contributed by atoms with Crippen LogP contribution in [-0.4, -0.2) is 45.4 Å². The fourth-order valence-corrected chi connectivity index (χ4v) is 0.485. The van der Waals surface area contributed by atoms with Gasteiger partial charge in [0.15, 0.2) is 0 Å². The van der Waals surface area contributed by atoms with Crippen LogP contribution in [0.5, 0.6) is 0 Å². The monoisotopic (exact) mass is 197 g/mol. The lowest BCUT2D eigenvalue weighted by Gasteiger charge is -2.24. The minimum absolute atomic E-state index is 0.156. The predicted octanol–water partition coefficient (Wildman–Crippen LogP) is -0.988. The highest BCUT2D eigenvalue weighted by molar-refractivity contribution is 4.74. The van der Waals surface area contributed by atoms with Crippen molar-refractivity contribution in [1.82, 2.24) is 0 Å². The Bertz CT molecular complexity index is 114. The molecule has 80 valence electrons. The molecule has 0 saturated carbocycles. The van der Waals surface area contributed by atoms with Gasteiger partial charge in [0, 0.05) is 5.41 Å². The molecule has 0 aliphatic carbocycles. The molecule has 0 amide bonds. The maximum Gasteiger partial charge on any atom is 0.291 e. The third-order valence-corrected chi connectivity index (χ3v) is 1.76. The van der Waals surface area contributed by atoms with Crippen LogP contribution in [0.15, 0.2) is 0 Å². The van der Waals surface area contributed by atoms with Crippen molar-refractivity contribution in [1.29, 1.82) is 0 Å². The van der Waals surface area contributed by atoms with Gasteiger partial charge in [0.25, 0.3) is 5.09 Å². The fraction of sp³-hybridized carbons (Fsp3) is 1.00. The molecule has 7 heteroatoms. The maximum atomic E-state index is 8.66. The van der Waals surface area contributed by atoms with Crippen molar-refractivity contribution in [2.24, 2.45) is 5.41 Å². The Morgan fingerprint density at radius 2 is 1.46 bits per heavy atom. The molecule has 0 fully saturated rings. The second kappa shape index (κ2) is 7.71. The second-order valence-electron chi connectivity index (χ2n) is 2.57. The van der Waals surface area contributed by atoms with E-state index < -0.39 is 10.5 Å². The van der Waals surface area contributed by atoms with E-state index in [-0.39, 0.29) is 19.8 Å². The first-order valence-electron chi connectivity index (χ1n) is 3.64. The number of hydrogen-bond acceptors (Lipinski definition) is 5. The number of aliphatic hydroxyl groups excluding tert-OH is 3. The van der Waals surface area contributed by atoms with Crippen LogP contribution in [0.25, 0.3) is 0 Å². The van der Waals surface area contributed by atoms with Crippen LogP contribution in [0.3, 0.4) is 0 Å². The molecule has 0 aliphatic heterocycles. The summed E-state index contributed by atoms with van der Waals surface area (Å²) in [5, 5.41) is 39.6. The van der Waals surface area contributed by atoms with Crippen molar-refractivity contribution in [3.63, 3.8) is 0 Å². The Balaban J connectivity index is 0. The standard InChI is InChI=1S/C6H14O3.HNO3/c1-2-6(3-7,4-8)5-9;2-1(3)4/h7-9H,2-5H2,1H3;(H,2,3,4). The molecule has 0 aromatic carbocycles. The van der Waals surface area contributed by atoms with Crippen LogP contribution in [0.2, 0.25) is 0 Å². The van der Waals surface area contributed by atoms with Gasteiger partial charge in [0.1, 0.15) is 0 Å². The van der Waals surface area contributed by atoms with Gasteiger partial charge in [0.2, 0.25) is 0 Å². The van der Waals surface area contributed by atoms with Crippen LogP contribution in [0, 0.1) is 15.5 Å². The second-order valence-corrected chi connectivity index (χ2v) is 2.57. The Labute approximate surface area is 75.4 Å². The molecule has 0 aromatic rings. The molecule has 0 atom stereocenters. The average Bonchev–Trinajstić information content (AvgIpc) is 2.09. The summed E-state index contributed by atoms with van der Waals surface area (Å²) >= 11 is 0. The van der Waals surface area contributed by atoms with E-state index >= 15 is 0 Å². The van der Waals surface area contributed by atoms with Crippen LogP contribution in [0.1, 0.15) is 13.3 Å². The van der Waals surface area contributed by atoms with E-state index in [9.17, 15) is 0 Å². The Kier molecular flexibility index (Phi) is 8.66. The van der Waals surface area contributed by atoms with Crippen LogP contribution >= 0.6 is 0 Å². The van der Waals surface area contributed by atoms with Gasteiger partial charge in [-0.25, -0.2) is 0 Å². The minimum atomic E-state index is -1.50. The Morgan fingerprint density at radius 3 is 1.46 bits per heavy atom. The summed E-state index contributed by atoms with van der Waals surface area (Å²) in [5.41, 5.74) is -0.667. The summed E-state index contributed by atoms with van der Waals surface area (Å²) in [7, 11) is 0. The van der Waals surface area contributed by atoms with Gasteiger partial charge >= 0.3 is 0 Å². The number of rotatable bonds is 4. The summed E-state index contributed by atoms with van der Waals surface area (Å²) in [6, 6.07) is 0. The third kappa shape index (κ3) is 7.44. The third-order valence-electron chi connectivity index (χ3n) is 1.76. The topological polar surface area (TPSA) is 124 Å². The van der Waals surface area contributed by atoms with Gasteiger partial charge < -0.3 is 20.5 Å². The molecule has 4 N–H and O–H groups in total. The average molecular weight is 197 g/mol. The summed E-state index contributed by atoms with van der Waals surface area (Å²) in [4.78, 5) is 8.36. The zero-order chi connectivity index (χ0) is 10.9. The predicted molar refractivity (Wildman–Crippen MR) is 42.8 cm³/mol. The maximum absolute atomic E-state index is 8.66. The van der Waals surface area contributed by atoms with Crippen molar-refractivity contribution in [3.8, 4) is 0 Å². The first kappa shape index (κ1) is 14.6. The van der Waals surface area contributed by atoms with E-state index in [1.807, 2.05) is 6.92 Å². The summed E-state index contributed by atoms with van der Waals surface area (Å²) < 4.78 is 0. The minimum Gasteiger partial charge on any atom is -0.396 e. The highest BCUT2D eigenvalue weighted by Crippen LogP contribution is 2.18. The number of aliphatic hydroxyl groups is 3. The van der Waals surface area contributed by atoms with E-state index in [2.05, 4.69) is 0 Å². The highest BCUT2D eigenvalue weighted by Gasteiger charge is 2.24. The van der Waals surface area contributed by atoms with E-state index in [1.165, 1.54) is 0 Å². The molecule has 0 rings (SSSR count). The lowest BCUT2D eigenvalue weighted by atomic mass is 9.88. The molecule has 0 bridgehead atoms. The molecule has 0 aliphatic rings. The number of hydrogen-bond donors (Lipinski definition) is 4. The molecular formula is C6H15NO6. The molecule has 13 heavy (non-hydrogen) atoms. The zero-order valence-corrected chi connectivity index (χ0v) is 7.38. The molecule has 0 saturated heterocycles. The van der Waals surface area contributed by atoms with Gasteiger partial charge in [-0.15, -0.1) is 10.1 Å². The lowest BCUT2D eigenvalue weighted by Crippen LogP contribution is -2.32.